The molecule has 2 nitrogen and oxygen atoms in total. The summed E-state index contributed by atoms with van der Waals surface area (Å²) < 4.78 is 74.6. The zero-order chi connectivity index (χ0) is 32.5. The number of rotatable bonds is 4. The second-order valence-corrected chi connectivity index (χ2v) is 12.3. The van der Waals surface area contributed by atoms with E-state index in [2.05, 4.69) is 9.98 Å². The maximum atomic E-state index is 15.6. The van der Waals surface area contributed by atoms with Gasteiger partial charge >= 0.3 is 0 Å². The van der Waals surface area contributed by atoms with E-state index in [9.17, 15) is 13.2 Å². The van der Waals surface area contributed by atoms with Gasteiger partial charge in [0.1, 0.15) is 0 Å². The van der Waals surface area contributed by atoms with E-state index in [0.29, 0.717) is 11.1 Å². The van der Waals surface area contributed by atoms with Crippen LogP contribution < -0.4 is 0 Å². The van der Waals surface area contributed by atoms with Crippen molar-refractivity contribution in [3.63, 3.8) is 0 Å². The molecule has 0 spiro atoms. The largest absolute Gasteiger partial charge is 0.352 e. The molecule has 1 aliphatic heterocycles. The molecule has 0 aliphatic carbocycles. The summed E-state index contributed by atoms with van der Waals surface area (Å²) >= 11 is 26.8. The zero-order valence-corrected chi connectivity index (χ0v) is 27.2. The Balaban J connectivity index is 1.94. The first-order valence-corrected chi connectivity index (χ1v) is 14.7. The van der Waals surface area contributed by atoms with Crippen LogP contribution >= 0.6 is 46.4 Å². The van der Waals surface area contributed by atoms with Crippen LogP contribution in [0.15, 0.2) is 45.0 Å². The predicted molar refractivity (Wildman–Crippen MR) is 169 cm³/mol. The van der Waals surface area contributed by atoms with Crippen molar-refractivity contribution >= 4 is 57.7 Å². The standard InChI is InChI=1S/C33H23Cl4F5N2/c1-11-7-13(3)17(14(4)8-11)30-21(34)23(36)32(43-30)20(19-25(38)27(40)29(42)28(41)26(19)39)33-24(37)22(35)31(44-33)18-15(5)9-12(2)10-16(18)6/h7-10,43H,1-6H3/b33-20+. The first-order chi connectivity index (χ1) is 20.6. The van der Waals surface area contributed by atoms with Crippen molar-refractivity contribution < 1.29 is 22.0 Å². The second kappa shape index (κ2) is 11.7. The molecule has 5 rings (SSSR count). The Kier molecular flexibility index (Phi) is 8.57. The lowest BCUT2D eigenvalue weighted by Gasteiger charge is -2.15. The minimum Gasteiger partial charge on any atom is -0.352 e. The Bertz CT molecular complexity index is 1950. The second-order valence-electron chi connectivity index (χ2n) is 10.8. The molecule has 1 aromatic heterocycles. The highest BCUT2D eigenvalue weighted by Crippen LogP contribution is 2.48. The lowest BCUT2D eigenvalue weighted by molar-refractivity contribution is 0.376. The molecule has 11 heteroatoms. The lowest BCUT2D eigenvalue weighted by atomic mass is 9.96. The van der Waals surface area contributed by atoms with E-state index in [1.807, 2.05) is 65.8 Å². The molecule has 0 bridgehead atoms. The van der Waals surface area contributed by atoms with Crippen molar-refractivity contribution in [3.05, 3.63) is 129 Å². The van der Waals surface area contributed by atoms with Crippen LogP contribution in [0, 0.1) is 70.6 Å². The van der Waals surface area contributed by atoms with Gasteiger partial charge in [0.15, 0.2) is 23.3 Å². The molecule has 2 heterocycles. The molecular formula is C33H23Cl4F5N2. The van der Waals surface area contributed by atoms with Crippen LogP contribution in [-0.4, -0.2) is 10.7 Å². The topological polar surface area (TPSA) is 28.1 Å². The Hall–Kier alpha value is -3.10. The third-order valence-corrected chi connectivity index (χ3v) is 9.19. The quantitative estimate of drug-likeness (QED) is 0.126. The average Bonchev–Trinajstić information content (AvgIpc) is 3.38. The molecule has 0 radical (unpaired) electrons. The SMILES string of the molecule is Cc1cc(C)c(C2=N/C(=C(/c3[nH]c(-c4c(C)cc(C)cc4C)c(Cl)c3Cl)c3c(F)c(F)c(F)c(F)c3F)C(Cl)=C2Cl)c(C)c1. The number of hydrogen-bond acceptors (Lipinski definition) is 1. The number of H-pyrrole nitrogens is 1. The maximum absolute atomic E-state index is 15.6. The number of aromatic nitrogens is 1. The summed E-state index contributed by atoms with van der Waals surface area (Å²) in [6, 6.07) is 7.57. The van der Waals surface area contributed by atoms with Crippen LogP contribution in [-0.2, 0) is 0 Å². The van der Waals surface area contributed by atoms with E-state index in [-0.39, 0.29) is 42.9 Å². The molecule has 228 valence electrons. The molecule has 0 saturated heterocycles. The van der Waals surface area contributed by atoms with Gasteiger partial charge in [-0.3, -0.25) is 0 Å². The number of halogens is 9. The van der Waals surface area contributed by atoms with E-state index in [0.717, 1.165) is 33.4 Å². The van der Waals surface area contributed by atoms with Gasteiger partial charge in [0.25, 0.3) is 0 Å². The third kappa shape index (κ3) is 5.08. The Labute approximate surface area is 270 Å². The summed E-state index contributed by atoms with van der Waals surface area (Å²) in [4.78, 5) is 7.54. The van der Waals surface area contributed by atoms with Gasteiger partial charge in [-0.25, -0.2) is 26.9 Å². The molecule has 4 aromatic rings. The van der Waals surface area contributed by atoms with Gasteiger partial charge in [0.2, 0.25) is 5.82 Å². The van der Waals surface area contributed by atoms with Crippen LogP contribution in [0.4, 0.5) is 22.0 Å². The van der Waals surface area contributed by atoms with Crippen LogP contribution in [0.25, 0.3) is 16.8 Å². The van der Waals surface area contributed by atoms with Gasteiger partial charge in [0.05, 0.1) is 48.5 Å². The highest BCUT2D eigenvalue weighted by Gasteiger charge is 2.36. The molecular weight excluding hydrogens is 661 g/mol. The summed E-state index contributed by atoms with van der Waals surface area (Å²) in [6.07, 6.45) is 0. The van der Waals surface area contributed by atoms with Gasteiger partial charge in [0, 0.05) is 16.7 Å². The molecule has 0 atom stereocenters. The Morgan fingerprint density at radius 1 is 0.591 bits per heavy atom. The van der Waals surface area contributed by atoms with Gasteiger partial charge in [-0.15, -0.1) is 0 Å². The van der Waals surface area contributed by atoms with Crippen LogP contribution in [0.3, 0.4) is 0 Å². The minimum atomic E-state index is -2.32. The Morgan fingerprint density at radius 3 is 1.50 bits per heavy atom. The number of nitrogens with one attached hydrogen (secondary N) is 1. The van der Waals surface area contributed by atoms with E-state index in [1.54, 1.807) is 0 Å². The van der Waals surface area contributed by atoms with E-state index < -0.39 is 40.2 Å². The van der Waals surface area contributed by atoms with E-state index in [1.165, 1.54) is 0 Å². The first kappa shape index (κ1) is 32.3. The molecule has 0 saturated carbocycles. The summed E-state index contributed by atoms with van der Waals surface area (Å²) in [5.74, 6) is -10.9. The minimum absolute atomic E-state index is 0.0442. The smallest absolute Gasteiger partial charge is 0.200 e. The lowest BCUT2D eigenvalue weighted by Crippen LogP contribution is -2.09. The maximum Gasteiger partial charge on any atom is 0.200 e. The fourth-order valence-corrected chi connectivity index (χ4v) is 6.79. The molecule has 44 heavy (non-hydrogen) atoms. The van der Waals surface area contributed by atoms with Gasteiger partial charge < -0.3 is 4.98 Å². The normalized spacial score (nSPS) is 14.6. The highest BCUT2D eigenvalue weighted by atomic mass is 35.5. The monoisotopic (exact) mass is 682 g/mol. The fraction of sp³-hybridized carbons (Fsp3) is 0.182. The van der Waals surface area contributed by atoms with Crippen molar-refractivity contribution in [2.24, 2.45) is 4.99 Å². The first-order valence-electron chi connectivity index (χ1n) is 13.2. The number of aromatic amines is 1. The number of benzene rings is 3. The van der Waals surface area contributed by atoms with E-state index in [4.69, 9.17) is 46.4 Å². The van der Waals surface area contributed by atoms with Crippen molar-refractivity contribution in [2.75, 3.05) is 0 Å². The average molecular weight is 684 g/mol. The number of nitrogens with zero attached hydrogens (tertiary/aromatic N) is 1. The summed E-state index contributed by atoms with van der Waals surface area (Å²) in [6.45, 7) is 11.1. The van der Waals surface area contributed by atoms with Gasteiger partial charge in [-0.2, -0.15) is 0 Å². The number of aryl methyl sites for hydroxylation is 6. The van der Waals surface area contributed by atoms with Crippen molar-refractivity contribution in [1.82, 2.24) is 4.98 Å². The predicted octanol–water partition coefficient (Wildman–Crippen LogP) is 11.5. The molecule has 0 fully saturated rings. The molecule has 1 aliphatic rings. The number of allylic oxidation sites excluding steroid dienone is 2. The van der Waals surface area contributed by atoms with Crippen molar-refractivity contribution in [1.29, 1.82) is 0 Å². The number of hydrogen-bond donors (Lipinski definition) is 1. The number of aliphatic imine (C=N–C) groups is 1. The summed E-state index contributed by atoms with van der Waals surface area (Å²) in [7, 11) is 0. The highest BCUT2D eigenvalue weighted by molar-refractivity contribution is 6.54. The Morgan fingerprint density at radius 2 is 1.02 bits per heavy atom. The van der Waals surface area contributed by atoms with Crippen LogP contribution in [0.1, 0.15) is 50.2 Å². The van der Waals surface area contributed by atoms with Gasteiger partial charge in [-0.1, -0.05) is 81.8 Å². The molecule has 1 N–H and O–H groups in total. The van der Waals surface area contributed by atoms with Gasteiger partial charge in [-0.05, 0) is 63.8 Å². The molecule has 0 amide bonds. The van der Waals surface area contributed by atoms with Crippen molar-refractivity contribution in [3.8, 4) is 11.3 Å². The molecule has 3 aromatic carbocycles. The van der Waals surface area contributed by atoms with Crippen molar-refractivity contribution in [2.45, 2.75) is 41.5 Å². The summed E-state index contributed by atoms with van der Waals surface area (Å²) in [5, 5.41) is -0.667. The summed E-state index contributed by atoms with van der Waals surface area (Å²) in [5.41, 5.74) is 4.19. The zero-order valence-electron chi connectivity index (χ0n) is 24.2. The van der Waals surface area contributed by atoms with Crippen LogP contribution in [0.2, 0.25) is 10.0 Å². The fourth-order valence-electron chi connectivity index (χ4n) is 5.86. The third-order valence-electron chi connectivity index (χ3n) is 7.50. The molecule has 0 unspecified atom stereocenters. The van der Waals surface area contributed by atoms with Crippen LogP contribution in [0.5, 0.6) is 0 Å². The van der Waals surface area contributed by atoms with E-state index >= 15 is 8.78 Å².